The summed E-state index contributed by atoms with van der Waals surface area (Å²) in [4.78, 5) is 4.25. The fraction of sp³-hybridized carbons (Fsp3) is 0.333. The van der Waals surface area contributed by atoms with Gasteiger partial charge in [0.15, 0.2) is 5.65 Å². The molecule has 15 heavy (non-hydrogen) atoms. The van der Waals surface area contributed by atoms with Crippen molar-refractivity contribution < 1.29 is 0 Å². The van der Waals surface area contributed by atoms with E-state index in [2.05, 4.69) is 10.1 Å². The van der Waals surface area contributed by atoms with Crippen LogP contribution >= 0.6 is 24.8 Å². The Balaban J connectivity index is 0.000000980. The molecule has 0 aromatic carbocycles. The second-order valence-corrected chi connectivity index (χ2v) is 2.99. The number of nitrogens with zero attached hydrogens (tertiary/aromatic N) is 3. The molecule has 0 radical (unpaired) electrons. The van der Waals surface area contributed by atoms with Crippen LogP contribution in [0.3, 0.4) is 0 Å². The SMILES string of the molecule is Cl.Cl.NCCCc1cnc2ccnn2c1. The zero-order chi connectivity index (χ0) is 9.10. The van der Waals surface area contributed by atoms with Gasteiger partial charge in [-0.2, -0.15) is 5.10 Å². The largest absolute Gasteiger partial charge is 0.330 e. The van der Waals surface area contributed by atoms with Crippen molar-refractivity contribution in [3.05, 3.63) is 30.2 Å². The van der Waals surface area contributed by atoms with Crippen LogP contribution in [0, 0.1) is 0 Å². The molecule has 6 heteroatoms. The van der Waals surface area contributed by atoms with Gasteiger partial charge in [-0.1, -0.05) is 0 Å². The smallest absolute Gasteiger partial charge is 0.154 e. The highest BCUT2D eigenvalue weighted by atomic mass is 35.5. The average Bonchev–Trinajstić information content (AvgIpc) is 2.61. The Hall–Kier alpha value is -0.840. The number of halogens is 2. The van der Waals surface area contributed by atoms with E-state index in [9.17, 15) is 0 Å². The van der Waals surface area contributed by atoms with E-state index in [4.69, 9.17) is 5.73 Å². The fourth-order valence-corrected chi connectivity index (χ4v) is 1.28. The minimum atomic E-state index is 0. The van der Waals surface area contributed by atoms with Gasteiger partial charge in [-0.15, -0.1) is 24.8 Å². The summed E-state index contributed by atoms with van der Waals surface area (Å²) in [5, 5.41) is 4.11. The molecule has 2 aromatic heterocycles. The minimum absolute atomic E-state index is 0. The van der Waals surface area contributed by atoms with Gasteiger partial charge in [-0.05, 0) is 24.9 Å². The summed E-state index contributed by atoms with van der Waals surface area (Å²) in [6.07, 6.45) is 7.59. The van der Waals surface area contributed by atoms with E-state index < -0.39 is 0 Å². The maximum Gasteiger partial charge on any atom is 0.154 e. The van der Waals surface area contributed by atoms with Crippen molar-refractivity contribution in [2.24, 2.45) is 5.73 Å². The predicted octanol–water partition coefficient (Wildman–Crippen LogP) is 1.46. The summed E-state index contributed by atoms with van der Waals surface area (Å²) in [7, 11) is 0. The summed E-state index contributed by atoms with van der Waals surface area (Å²) >= 11 is 0. The van der Waals surface area contributed by atoms with Crippen molar-refractivity contribution in [1.29, 1.82) is 0 Å². The van der Waals surface area contributed by atoms with Gasteiger partial charge >= 0.3 is 0 Å². The van der Waals surface area contributed by atoms with E-state index in [1.807, 2.05) is 18.5 Å². The maximum absolute atomic E-state index is 5.43. The molecule has 2 heterocycles. The van der Waals surface area contributed by atoms with Crippen molar-refractivity contribution in [1.82, 2.24) is 14.6 Å². The third-order valence-corrected chi connectivity index (χ3v) is 1.97. The number of hydrogen-bond acceptors (Lipinski definition) is 3. The van der Waals surface area contributed by atoms with Crippen molar-refractivity contribution >= 4 is 30.5 Å². The lowest BCUT2D eigenvalue weighted by Crippen LogP contribution is -2.01. The lowest BCUT2D eigenvalue weighted by Gasteiger charge is -1.99. The van der Waals surface area contributed by atoms with Crippen LogP contribution in [0.4, 0.5) is 0 Å². The van der Waals surface area contributed by atoms with Crippen molar-refractivity contribution in [2.45, 2.75) is 12.8 Å². The zero-order valence-corrected chi connectivity index (χ0v) is 9.80. The summed E-state index contributed by atoms with van der Waals surface area (Å²) in [6.45, 7) is 0.719. The van der Waals surface area contributed by atoms with E-state index in [0.717, 1.165) is 25.0 Å². The molecule has 2 N–H and O–H groups in total. The number of aromatic nitrogens is 3. The normalized spacial score (nSPS) is 9.40. The first-order valence-corrected chi connectivity index (χ1v) is 4.38. The number of rotatable bonds is 3. The number of hydrogen-bond donors (Lipinski definition) is 1. The van der Waals surface area contributed by atoms with E-state index in [1.54, 1.807) is 10.7 Å². The molecule has 0 spiro atoms. The van der Waals surface area contributed by atoms with E-state index in [1.165, 1.54) is 5.56 Å². The molecule has 0 saturated heterocycles. The third-order valence-electron chi connectivity index (χ3n) is 1.97. The second kappa shape index (κ2) is 6.61. The van der Waals surface area contributed by atoms with Crippen molar-refractivity contribution in [3.8, 4) is 0 Å². The summed E-state index contributed by atoms with van der Waals surface area (Å²) in [5.41, 5.74) is 7.49. The molecule has 0 amide bonds. The van der Waals surface area contributed by atoms with Gasteiger partial charge < -0.3 is 5.73 Å². The first-order chi connectivity index (χ1) is 6.40. The summed E-state index contributed by atoms with van der Waals surface area (Å²) in [6, 6.07) is 1.88. The molecular weight excluding hydrogens is 235 g/mol. The van der Waals surface area contributed by atoms with Crippen molar-refractivity contribution in [3.63, 3.8) is 0 Å². The zero-order valence-electron chi connectivity index (χ0n) is 8.17. The second-order valence-electron chi connectivity index (χ2n) is 2.99. The summed E-state index contributed by atoms with van der Waals surface area (Å²) in [5.74, 6) is 0. The highest BCUT2D eigenvalue weighted by molar-refractivity contribution is 5.85. The Morgan fingerprint density at radius 3 is 2.87 bits per heavy atom. The molecule has 0 saturated carbocycles. The van der Waals surface area contributed by atoms with Gasteiger partial charge in [0.1, 0.15) is 0 Å². The summed E-state index contributed by atoms with van der Waals surface area (Å²) < 4.78 is 1.78. The van der Waals surface area contributed by atoms with Gasteiger partial charge in [-0.25, -0.2) is 9.50 Å². The van der Waals surface area contributed by atoms with Gasteiger partial charge in [0.2, 0.25) is 0 Å². The molecule has 4 nitrogen and oxygen atoms in total. The molecule has 0 unspecified atom stereocenters. The van der Waals surface area contributed by atoms with Crippen LogP contribution in [0.25, 0.3) is 5.65 Å². The topological polar surface area (TPSA) is 56.2 Å². The van der Waals surface area contributed by atoms with Crippen LogP contribution in [0.15, 0.2) is 24.7 Å². The molecule has 2 aromatic rings. The Morgan fingerprint density at radius 2 is 2.13 bits per heavy atom. The predicted molar refractivity (Wildman–Crippen MR) is 64.9 cm³/mol. The van der Waals surface area contributed by atoms with E-state index in [0.29, 0.717) is 0 Å². The Kier molecular flexibility index (Phi) is 6.24. The Labute approximate surface area is 101 Å². The molecule has 0 bridgehead atoms. The van der Waals surface area contributed by atoms with Gasteiger partial charge in [0.05, 0.1) is 6.20 Å². The van der Waals surface area contributed by atoms with E-state index >= 15 is 0 Å². The molecule has 0 atom stereocenters. The van der Waals surface area contributed by atoms with Crippen LogP contribution in [0.2, 0.25) is 0 Å². The fourth-order valence-electron chi connectivity index (χ4n) is 1.28. The third kappa shape index (κ3) is 3.34. The minimum Gasteiger partial charge on any atom is -0.330 e. The molecule has 2 rings (SSSR count). The van der Waals surface area contributed by atoms with Gasteiger partial charge in [0.25, 0.3) is 0 Å². The Bertz CT molecular complexity index is 402. The molecular formula is C9H14Cl2N4. The van der Waals surface area contributed by atoms with Crippen LogP contribution in [0.5, 0.6) is 0 Å². The highest BCUT2D eigenvalue weighted by Gasteiger charge is 1.96. The average molecular weight is 249 g/mol. The number of aryl methyl sites for hydroxylation is 1. The molecule has 0 aliphatic heterocycles. The first kappa shape index (κ1) is 14.2. The standard InChI is InChI=1S/C9H12N4.2ClH/c10-4-1-2-8-6-11-9-3-5-12-13(9)7-8;;/h3,5-7H,1-2,4,10H2;2*1H. The maximum atomic E-state index is 5.43. The van der Waals surface area contributed by atoms with Gasteiger partial charge in [-0.3, -0.25) is 0 Å². The van der Waals surface area contributed by atoms with Crippen LogP contribution in [-0.2, 0) is 6.42 Å². The first-order valence-electron chi connectivity index (χ1n) is 4.38. The number of nitrogens with two attached hydrogens (primary N) is 1. The molecule has 84 valence electrons. The quantitative estimate of drug-likeness (QED) is 0.895. The van der Waals surface area contributed by atoms with Crippen LogP contribution in [0.1, 0.15) is 12.0 Å². The molecule has 0 aliphatic rings. The Morgan fingerprint density at radius 1 is 1.33 bits per heavy atom. The van der Waals surface area contributed by atoms with Crippen molar-refractivity contribution in [2.75, 3.05) is 6.54 Å². The lowest BCUT2D eigenvalue weighted by atomic mass is 10.2. The van der Waals surface area contributed by atoms with Crippen LogP contribution < -0.4 is 5.73 Å². The molecule has 0 fully saturated rings. The van der Waals surface area contributed by atoms with Crippen LogP contribution in [-0.4, -0.2) is 21.1 Å². The van der Waals surface area contributed by atoms with Gasteiger partial charge in [0, 0.05) is 18.5 Å². The monoisotopic (exact) mass is 248 g/mol. The lowest BCUT2D eigenvalue weighted by molar-refractivity contribution is 0.811. The molecule has 0 aliphatic carbocycles. The van der Waals surface area contributed by atoms with E-state index in [-0.39, 0.29) is 24.8 Å². The number of fused-ring (bicyclic) bond motifs is 1. The highest BCUT2D eigenvalue weighted by Crippen LogP contribution is 2.03.